The van der Waals surface area contributed by atoms with E-state index in [0.29, 0.717) is 0 Å². The van der Waals surface area contributed by atoms with E-state index in [0.717, 1.165) is 47.3 Å². The molecule has 0 aromatic carbocycles. The summed E-state index contributed by atoms with van der Waals surface area (Å²) in [7, 11) is 0. The molecule has 6 bridgehead atoms. The van der Waals surface area contributed by atoms with Crippen molar-refractivity contribution in [1.82, 2.24) is 5.32 Å². The highest BCUT2D eigenvalue weighted by Crippen LogP contribution is 2.68. The molecule has 7 saturated carbocycles. The molecule has 5 unspecified atom stereocenters. The van der Waals surface area contributed by atoms with Crippen molar-refractivity contribution in [3.63, 3.8) is 0 Å². The summed E-state index contributed by atoms with van der Waals surface area (Å²) >= 11 is 0. The van der Waals surface area contributed by atoms with Gasteiger partial charge >= 0.3 is 0 Å². The fourth-order valence-electron chi connectivity index (χ4n) is 9.55. The Hall–Kier alpha value is -0.0800. The van der Waals surface area contributed by atoms with Crippen LogP contribution in [0.25, 0.3) is 0 Å². The second kappa shape index (κ2) is 4.01. The molecule has 1 N–H and O–H groups in total. The Morgan fingerprint density at radius 3 is 2.35 bits per heavy atom. The van der Waals surface area contributed by atoms with Crippen LogP contribution < -0.4 is 5.32 Å². The Morgan fingerprint density at radius 1 is 0.826 bits per heavy atom. The van der Waals surface area contributed by atoms with E-state index in [1.54, 1.807) is 6.42 Å². The first-order chi connectivity index (χ1) is 11.3. The van der Waals surface area contributed by atoms with Crippen LogP contribution in [0.3, 0.4) is 0 Å². The summed E-state index contributed by atoms with van der Waals surface area (Å²) in [6, 6.07) is 0. The maximum absolute atomic E-state index is 7.31. The molecule has 2 nitrogen and oxygen atoms in total. The van der Waals surface area contributed by atoms with Crippen LogP contribution in [0.1, 0.15) is 64.2 Å². The minimum atomic E-state index is 0.117. The second-order valence-electron chi connectivity index (χ2n) is 10.7. The SMILES string of the molecule is C1CC2C3CC(C2C1)C1(C3)NCC2(O1)C1CC3CC(C1)CC2C3. The molecule has 1 heterocycles. The molecule has 2 spiro atoms. The molecule has 1 saturated heterocycles. The van der Waals surface area contributed by atoms with Crippen molar-refractivity contribution in [2.24, 2.45) is 47.3 Å². The van der Waals surface area contributed by atoms with Crippen LogP contribution in [0.4, 0.5) is 0 Å². The Bertz CT molecular complexity index is 530. The summed E-state index contributed by atoms with van der Waals surface area (Å²) in [4.78, 5) is 0. The number of ether oxygens (including phenoxy) is 1. The van der Waals surface area contributed by atoms with Gasteiger partial charge in [-0.1, -0.05) is 6.42 Å². The zero-order valence-electron chi connectivity index (χ0n) is 14.3. The van der Waals surface area contributed by atoms with E-state index in [1.165, 1.54) is 64.3 Å². The maximum Gasteiger partial charge on any atom is 0.123 e. The van der Waals surface area contributed by atoms with Gasteiger partial charge in [0.1, 0.15) is 5.72 Å². The molecule has 0 aromatic rings. The molecule has 8 rings (SSSR count). The van der Waals surface area contributed by atoms with Crippen LogP contribution >= 0.6 is 0 Å². The third kappa shape index (κ3) is 1.43. The van der Waals surface area contributed by atoms with E-state index >= 15 is 0 Å². The summed E-state index contributed by atoms with van der Waals surface area (Å²) < 4.78 is 7.31. The molecule has 126 valence electrons. The summed E-state index contributed by atoms with van der Waals surface area (Å²) in [6.45, 7) is 1.20. The first kappa shape index (κ1) is 13.2. The lowest BCUT2D eigenvalue weighted by atomic mass is 9.50. The van der Waals surface area contributed by atoms with Gasteiger partial charge < -0.3 is 4.74 Å². The minimum absolute atomic E-state index is 0.117. The summed E-state index contributed by atoms with van der Waals surface area (Å²) in [5, 5.41) is 4.07. The molecule has 8 aliphatic rings. The smallest absolute Gasteiger partial charge is 0.123 e. The Morgan fingerprint density at radius 2 is 1.57 bits per heavy atom. The van der Waals surface area contributed by atoms with Crippen molar-refractivity contribution in [2.75, 3.05) is 6.54 Å². The average Bonchev–Trinajstić information content (AvgIpc) is 3.26. The Kier molecular flexibility index (Phi) is 2.29. The van der Waals surface area contributed by atoms with E-state index in [9.17, 15) is 0 Å². The Balaban J connectivity index is 1.24. The first-order valence-electron chi connectivity index (χ1n) is 10.7. The zero-order valence-corrected chi connectivity index (χ0v) is 14.3. The van der Waals surface area contributed by atoms with Crippen molar-refractivity contribution < 1.29 is 4.74 Å². The number of nitrogens with one attached hydrogen (secondary N) is 1. The normalized spacial score (nSPS) is 67.8. The van der Waals surface area contributed by atoms with E-state index in [1.807, 2.05) is 0 Å². The molecule has 0 aromatic heterocycles. The quantitative estimate of drug-likeness (QED) is 0.731. The molecule has 8 fully saturated rings. The molecule has 0 radical (unpaired) electrons. The van der Waals surface area contributed by atoms with Crippen LogP contribution in [-0.4, -0.2) is 17.9 Å². The lowest BCUT2D eigenvalue weighted by Crippen LogP contribution is -2.60. The molecule has 7 aliphatic carbocycles. The van der Waals surface area contributed by atoms with Crippen molar-refractivity contribution in [2.45, 2.75) is 75.5 Å². The zero-order chi connectivity index (χ0) is 14.8. The van der Waals surface area contributed by atoms with Crippen LogP contribution in [0, 0.1) is 47.3 Å². The fraction of sp³-hybridized carbons (Fsp3) is 1.00. The van der Waals surface area contributed by atoms with Gasteiger partial charge in [-0.25, -0.2) is 0 Å². The van der Waals surface area contributed by atoms with Gasteiger partial charge in [0.2, 0.25) is 0 Å². The standard InChI is InChI=1S/C21H31NO/c1-2-17-14-9-19(18(17)3-1)21(10-14)22-11-20(23-21)15-5-12-4-13(7-15)8-16(20)6-12/h12-19,22H,1-11H2. The van der Waals surface area contributed by atoms with Crippen molar-refractivity contribution in [3.05, 3.63) is 0 Å². The summed E-state index contributed by atoms with van der Waals surface area (Å²) in [5.74, 6) is 7.83. The van der Waals surface area contributed by atoms with Crippen LogP contribution in [0.15, 0.2) is 0 Å². The minimum Gasteiger partial charge on any atom is -0.352 e. The lowest BCUT2D eigenvalue weighted by molar-refractivity contribution is -0.234. The van der Waals surface area contributed by atoms with Crippen LogP contribution in [-0.2, 0) is 4.74 Å². The largest absolute Gasteiger partial charge is 0.352 e. The Labute approximate surface area is 140 Å². The molecule has 23 heavy (non-hydrogen) atoms. The number of hydrogen-bond donors (Lipinski definition) is 1. The molecule has 1 aliphatic heterocycles. The molecule has 0 amide bonds. The van der Waals surface area contributed by atoms with Gasteiger partial charge in [0.05, 0.1) is 5.60 Å². The van der Waals surface area contributed by atoms with Crippen LogP contribution in [0.2, 0.25) is 0 Å². The fourth-order valence-corrected chi connectivity index (χ4v) is 9.55. The highest BCUT2D eigenvalue weighted by Gasteiger charge is 2.70. The van der Waals surface area contributed by atoms with E-state index in [4.69, 9.17) is 4.74 Å². The highest BCUT2D eigenvalue weighted by atomic mass is 16.6. The van der Waals surface area contributed by atoms with Gasteiger partial charge in [0, 0.05) is 12.5 Å². The van der Waals surface area contributed by atoms with Gasteiger partial charge in [-0.05, 0) is 99.2 Å². The number of hydrogen-bond acceptors (Lipinski definition) is 2. The molecular weight excluding hydrogens is 282 g/mol. The topological polar surface area (TPSA) is 21.3 Å². The third-order valence-corrected chi connectivity index (χ3v) is 10.0. The van der Waals surface area contributed by atoms with Gasteiger partial charge in [0.15, 0.2) is 0 Å². The third-order valence-electron chi connectivity index (χ3n) is 10.0. The van der Waals surface area contributed by atoms with E-state index in [-0.39, 0.29) is 11.3 Å². The molecule has 2 heteroatoms. The second-order valence-corrected chi connectivity index (χ2v) is 10.7. The monoisotopic (exact) mass is 313 g/mol. The predicted molar refractivity (Wildman–Crippen MR) is 88.6 cm³/mol. The van der Waals surface area contributed by atoms with Crippen molar-refractivity contribution in [3.8, 4) is 0 Å². The van der Waals surface area contributed by atoms with Gasteiger partial charge in [0.25, 0.3) is 0 Å². The predicted octanol–water partition coefficient (Wildman–Crippen LogP) is 3.95. The number of fused-ring (bicyclic) bond motifs is 6. The van der Waals surface area contributed by atoms with E-state index in [2.05, 4.69) is 5.32 Å². The lowest BCUT2D eigenvalue weighted by Gasteiger charge is -2.60. The summed E-state index contributed by atoms with van der Waals surface area (Å²) in [5.41, 5.74) is 0.373. The first-order valence-corrected chi connectivity index (χ1v) is 10.7. The summed E-state index contributed by atoms with van der Waals surface area (Å²) in [6.07, 6.45) is 14.9. The van der Waals surface area contributed by atoms with E-state index < -0.39 is 0 Å². The van der Waals surface area contributed by atoms with Gasteiger partial charge in [-0.15, -0.1) is 0 Å². The maximum atomic E-state index is 7.31. The van der Waals surface area contributed by atoms with Crippen molar-refractivity contribution >= 4 is 0 Å². The molecular formula is C21H31NO. The highest BCUT2D eigenvalue weighted by molar-refractivity contribution is 5.18. The van der Waals surface area contributed by atoms with Gasteiger partial charge in [-0.3, -0.25) is 5.32 Å². The number of rotatable bonds is 0. The average molecular weight is 313 g/mol. The molecule has 5 atom stereocenters. The van der Waals surface area contributed by atoms with Gasteiger partial charge in [-0.2, -0.15) is 0 Å². The van der Waals surface area contributed by atoms with Crippen LogP contribution in [0.5, 0.6) is 0 Å². The van der Waals surface area contributed by atoms with Crippen molar-refractivity contribution in [1.29, 1.82) is 0 Å².